The van der Waals surface area contributed by atoms with Crippen LogP contribution in [0.1, 0.15) is 77.6 Å². The maximum Gasteiger partial charge on any atom is 0.181 e. The Bertz CT molecular complexity index is 6830. The quantitative estimate of drug-likeness (QED) is 0.0600. The molecule has 0 unspecified atom stereocenters. The number of aryl methyl sites for hydroxylation is 8. The number of thiazole rings is 6. The number of methoxy groups -OCH3 is 4. The second-order valence-electron chi connectivity index (χ2n) is 31.1. The molecule has 0 amide bonds. The van der Waals surface area contributed by atoms with E-state index in [1.165, 1.54) is 164 Å². The van der Waals surface area contributed by atoms with Crippen LogP contribution in [0.15, 0.2) is 344 Å². The van der Waals surface area contributed by atoms with Crippen molar-refractivity contribution < 1.29 is 27.7 Å². The minimum Gasteiger partial charge on any atom is -0.497 e. The highest BCUT2D eigenvalue weighted by Gasteiger charge is 2.11. The zero-order chi connectivity index (χ0) is 103. The van der Waals surface area contributed by atoms with Gasteiger partial charge in [-0.25, -0.2) is 38.7 Å². The molecule has 22 rings (SSSR count). The van der Waals surface area contributed by atoms with Gasteiger partial charge in [0.25, 0.3) is 0 Å². The van der Waals surface area contributed by atoms with Crippen LogP contribution < -0.4 is 76.3 Å². The number of halogens is 4. The van der Waals surface area contributed by atoms with Crippen molar-refractivity contribution in [3.8, 4) is 56.9 Å². The number of anilines is 10. The Balaban J connectivity index is 0.000000172. The maximum atomic E-state index is 12.6. The van der Waals surface area contributed by atoms with Crippen LogP contribution >= 0.6 is 91.2 Å². The Morgan fingerprint density at radius 1 is 0.322 bits per heavy atom. The van der Waals surface area contributed by atoms with Gasteiger partial charge in [-0.1, -0.05) is 246 Å². The highest BCUT2D eigenvalue weighted by Crippen LogP contribution is 2.32. The van der Waals surface area contributed by atoms with E-state index in [0.717, 1.165) is 112 Å². The van der Waals surface area contributed by atoms with E-state index in [1.807, 2.05) is 194 Å². The van der Waals surface area contributed by atoms with Gasteiger partial charge in [0.1, 0.15) is 40.3 Å². The van der Waals surface area contributed by atoms with Crippen LogP contribution in [0.4, 0.5) is 62.3 Å². The van der Waals surface area contributed by atoms with E-state index in [-0.39, 0.29) is 11.6 Å². The molecule has 20 aromatic rings. The van der Waals surface area contributed by atoms with E-state index in [9.17, 15) is 8.78 Å². The van der Waals surface area contributed by atoms with Crippen molar-refractivity contribution in [2.45, 2.75) is 85.5 Å². The average Bonchev–Trinajstić information content (AvgIpc) is 1.69. The molecule has 13 aromatic carbocycles. The molecular formula is C112H119Cl2F2N17O4S6. The van der Waals surface area contributed by atoms with Gasteiger partial charge in [-0.3, -0.25) is 4.98 Å². The highest BCUT2D eigenvalue weighted by molar-refractivity contribution is 7.22. The van der Waals surface area contributed by atoms with E-state index in [0.29, 0.717) is 47.2 Å². The minimum absolute atomic E-state index is 0.160. The number of hydrogen-bond acceptors (Lipinski definition) is 27. The number of nitrogens with zero attached hydrogens (tertiary/aromatic N) is 7. The van der Waals surface area contributed by atoms with Gasteiger partial charge in [0.05, 0.1) is 81.9 Å². The Morgan fingerprint density at radius 3 is 1.24 bits per heavy atom. The summed E-state index contributed by atoms with van der Waals surface area (Å²) in [4.78, 5) is 29.0. The van der Waals surface area contributed by atoms with Crippen molar-refractivity contribution in [3.05, 3.63) is 410 Å². The molecule has 0 spiro atoms. The van der Waals surface area contributed by atoms with Crippen LogP contribution in [0.25, 0.3) is 64.6 Å². The van der Waals surface area contributed by atoms with E-state index >= 15 is 0 Å². The summed E-state index contributed by atoms with van der Waals surface area (Å²) in [6.07, 6.45) is 13.1. The van der Waals surface area contributed by atoms with Crippen LogP contribution in [-0.4, -0.2) is 63.3 Å². The van der Waals surface area contributed by atoms with Crippen molar-refractivity contribution >= 4 is 175 Å². The number of para-hydroxylation sites is 3. The summed E-state index contributed by atoms with van der Waals surface area (Å²) in [5, 5.41) is 10.9. The number of rotatable bonds is 9. The van der Waals surface area contributed by atoms with Crippen LogP contribution in [0.3, 0.4) is 0 Å². The van der Waals surface area contributed by atoms with Crippen LogP contribution in [0.2, 0.25) is 10.0 Å². The molecule has 7 aromatic heterocycles. The summed E-state index contributed by atoms with van der Waals surface area (Å²) in [6, 6.07) is 101. The number of nitrogens with two attached hydrogens (primary N) is 10. The van der Waals surface area contributed by atoms with Gasteiger partial charge in [0, 0.05) is 66.6 Å². The van der Waals surface area contributed by atoms with Gasteiger partial charge in [-0.05, 0) is 256 Å². The smallest absolute Gasteiger partial charge is 0.181 e. The summed E-state index contributed by atoms with van der Waals surface area (Å²) >= 11 is 19.9. The fraction of sp³-hybridized carbons (Fsp3) is 0.152. The number of hydrogen-bond donors (Lipinski definition) is 10. The van der Waals surface area contributed by atoms with E-state index in [2.05, 4.69) is 122 Å². The normalized spacial score (nSPS) is 10.7. The van der Waals surface area contributed by atoms with Crippen molar-refractivity contribution in [2.75, 3.05) is 85.8 Å². The number of ether oxygens (including phenoxy) is 4. The Kier molecular flexibility index (Phi) is 47.7. The van der Waals surface area contributed by atoms with Crippen molar-refractivity contribution in [1.29, 1.82) is 0 Å². The summed E-state index contributed by atoms with van der Waals surface area (Å²) in [6.45, 7) is 8.29. The van der Waals surface area contributed by atoms with E-state index in [1.54, 1.807) is 118 Å². The highest BCUT2D eigenvalue weighted by atomic mass is 35.5. The largest absolute Gasteiger partial charge is 0.497 e. The van der Waals surface area contributed by atoms with Gasteiger partial charge in [0.2, 0.25) is 0 Å². The molecule has 20 N–H and O–H groups in total. The zero-order valence-corrected chi connectivity index (χ0v) is 87.2. The lowest BCUT2D eigenvalue weighted by Crippen LogP contribution is -2.00. The van der Waals surface area contributed by atoms with E-state index in [4.69, 9.17) is 99.5 Å². The number of fused-ring (bicyclic) bond motifs is 5. The third-order valence-electron chi connectivity index (χ3n) is 20.6. The second-order valence-corrected chi connectivity index (χ2v) is 37.8. The van der Waals surface area contributed by atoms with Crippen LogP contribution in [0, 0.1) is 25.5 Å². The molecule has 7 heterocycles. The van der Waals surface area contributed by atoms with Crippen LogP contribution in [0.5, 0.6) is 23.0 Å². The molecule has 0 atom stereocenters. The second kappa shape index (κ2) is 61.0. The summed E-state index contributed by atoms with van der Waals surface area (Å²) in [5.41, 5.74) is 77.6. The molecular weight excluding hydrogens is 1950 g/mol. The lowest BCUT2D eigenvalue weighted by atomic mass is 9.92. The Hall–Kier alpha value is -14.8. The molecule has 143 heavy (non-hydrogen) atoms. The number of aromatic nitrogens is 7. The standard InChI is InChI=1S/C10H10N2S.C10H12.C9H8N2S.C9H10.C8H9Cl.C8H9F.C8H7N3S.C8H8N2OS.C8H8N2S.C7H5FN2S.3C7H9NO.C6H6ClN/c1-7-2-4-8(5-3-7)9-6-13-10(11)12-9;1-2-6-10-8-4-3-7-9(10)5-1;10-9-11-8(6-12-9)7-4-2-1-3-5-7;1-2-5-9-7-3-6-8(9)4-1;2*1-2-7-3-5-8(9)6-4-7;9-8-11-7(5-12-8)6-3-1-2-4-10-6;1-11-5-2-3-6-7(4-5)12-8(9)10-6;1-5-3-2-4-6-7(5)10-8(9)11-6;8-4-1-2-5-6(3-4)11-7(9)10-5;1-9-7-4-2-6(8)3-5-7;1-9-7-4-2-3-6(8)5-7;1-9-7-5-3-2-4-6(7)8;7-5-2-1-3-6(8)4-5/h2-6H,1H3,(H2,11,12);1-2,5-6H,3-4,7-8H2;1-6H,(H2,10,11);1-2,4-5H,3,6-7H2;2*3-6H,2H2,1H3;1-5H,(H2,9,11);2-4H,1H3,(H2,9,10);2-4H,1H3,(H2,9,10);1-3H,(H2,9,10);3*2-5H,8H2,1H3;1-4H,8H2. The van der Waals surface area contributed by atoms with Gasteiger partial charge < -0.3 is 76.3 Å². The predicted octanol–water partition coefficient (Wildman–Crippen LogP) is 28.8. The number of pyridine rings is 1. The fourth-order valence-electron chi connectivity index (χ4n) is 13.2. The minimum atomic E-state index is -0.249. The Labute approximate surface area is 869 Å². The molecule has 740 valence electrons. The first-order valence-corrected chi connectivity index (χ1v) is 51.1. The molecule has 2 aliphatic carbocycles. The van der Waals surface area contributed by atoms with Gasteiger partial charge >= 0.3 is 0 Å². The summed E-state index contributed by atoms with van der Waals surface area (Å²) in [5.74, 6) is 2.80. The van der Waals surface area contributed by atoms with Crippen molar-refractivity contribution in [1.82, 2.24) is 34.9 Å². The summed E-state index contributed by atoms with van der Waals surface area (Å²) in [7, 11) is 6.50. The Morgan fingerprint density at radius 2 is 0.769 bits per heavy atom. The van der Waals surface area contributed by atoms with Crippen molar-refractivity contribution in [3.63, 3.8) is 0 Å². The number of benzene rings is 13. The first kappa shape index (κ1) is 112. The molecule has 21 nitrogen and oxygen atoms in total. The summed E-state index contributed by atoms with van der Waals surface area (Å²) < 4.78 is 47.6. The molecule has 0 saturated carbocycles. The molecule has 0 radical (unpaired) electrons. The molecule has 31 heteroatoms. The molecule has 0 bridgehead atoms. The third-order valence-corrected chi connectivity index (χ3v) is 25.7. The topological polar surface area (TPSA) is 387 Å². The average molecular weight is 2070 g/mol. The first-order chi connectivity index (χ1) is 69.2. The zero-order valence-electron chi connectivity index (χ0n) is 80.8. The van der Waals surface area contributed by atoms with E-state index < -0.39 is 0 Å². The lowest BCUT2D eigenvalue weighted by Gasteiger charge is -2.13. The van der Waals surface area contributed by atoms with Crippen molar-refractivity contribution in [2.24, 2.45) is 0 Å². The van der Waals surface area contributed by atoms with Gasteiger partial charge in [-0.15, -0.1) is 34.0 Å². The number of nitrogen functional groups attached to an aromatic ring is 10. The first-order valence-electron chi connectivity index (χ1n) is 45.3. The lowest BCUT2D eigenvalue weighted by molar-refractivity contribution is 0.415. The van der Waals surface area contributed by atoms with Crippen LogP contribution in [-0.2, 0) is 38.5 Å². The molecule has 0 fully saturated rings. The fourth-order valence-corrected chi connectivity index (χ4v) is 17.6. The third kappa shape index (κ3) is 40.4. The molecule has 0 aliphatic heterocycles. The van der Waals surface area contributed by atoms with Gasteiger partial charge in [0.15, 0.2) is 30.8 Å². The molecule has 0 saturated heterocycles. The predicted molar refractivity (Wildman–Crippen MR) is 608 cm³/mol. The monoisotopic (exact) mass is 2070 g/mol. The molecule has 2 aliphatic rings. The SMILES string of the molecule is CCc1ccc(Cl)cc1.CCc1ccc(F)cc1.COc1ccc(N)cc1.COc1ccc2nc(N)sc2c1.COc1cccc(N)c1.COc1ccccc1N.Cc1ccc(-c2csc(N)n2)cc1.Cc1cccc2sc(N)nc12.Nc1cccc(Cl)c1.Nc1nc(-c2ccccc2)cs1.Nc1nc(-c2ccccn2)cs1.Nc1nc2ccc(F)cc2s1.c1ccc2c(c1)CCC2.c1ccc2c(c1)CCCC2. The maximum absolute atomic E-state index is 12.6. The van der Waals surface area contributed by atoms with Gasteiger partial charge in [-0.2, -0.15) is 0 Å².